The van der Waals surface area contributed by atoms with Crippen molar-refractivity contribution >= 4 is 39.3 Å². The van der Waals surface area contributed by atoms with E-state index in [1.54, 1.807) is 12.3 Å². The zero-order valence-corrected chi connectivity index (χ0v) is 31.3. The minimum Gasteiger partial charge on any atom is -0.481 e. The molecular weight excluding hydrogens is 741 g/mol. The van der Waals surface area contributed by atoms with Gasteiger partial charge < -0.3 is 34.2 Å². The third kappa shape index (κ3) is 7.95. The van der Waals surface area contributed by atoms with Crippen LogP contribution < -0.4 is 15.6 Å². The molecule has 0 unspecified atom stereocenters. The highest BCUT2D eigenvalue weighted by Crippen LogP contribution is 2.40. The van der Waals surface area contributed by atoms with Crippen molar-refractivity contribution < 1.29 is 37.3 Å². The number of β-amino-alcohol motifs (C(OH)–C–C–N with tert-alkyl or cyclic N) is 1. The molecule has 2 fully saturated rings. The first kappa shape index (κ1) is 38.1. The number of carboxylic acid groups (broad SMARTS) is 1. The van der Waals surface area contributed by atoms with Crippen LogP contribution in [0.2, 0.25) is 0 Å². The largest absolute Gasteiger partial charge is 0.573 e. The lowest BCUT2D eigenvalue weighted by Gasteiger charge is -2.17. The fraction of sp³-hybridized carbons (Fsp3) is 0.333. The van der Waals surface area contributed by atoms with Gasteiger partial charge in [-0.3, -0.25) is 19.5 Å². The summed E-state index contributed by atoms with van der Waals surface area (Å²) in [5.74, 6) is -1.27. The topological polar surface area (TPSA) is 146 Å². The number of carbonyl (C=O) groups is 1. The molecule has 2 aromatic carbocycles. The highest BCUT2D eigenvalue weighted by atomic mass is 19.4. The molecule has 2 saturated heterocycles. The first-order valence-corrected chi connectivity index (χ1v) is 18.8. The van der Waals surface area contributed by atoms with E-state index in [0.717, 1.165) is 62.6 Å². The summed E-state index contributed by atoms with van der Waals surface area (Å²) < 4.78 is 52.4. The maximum atomic E-state index is 13.7. The second-order valence-corrected chi connectivity index (χ2v) is 14.9. The fourth-order valence-corrected chi connectivity index (χ4v) is 8.01. The number of aliphatic carboxylic acids is 1. The lowest BCUT2D eigenvalue weighted by Crippen LogP contribution is -2.30. The summed E-state index contributed by atoms with van der Waals surface area (Å²) in [5.41, 5.74) is 5.73. The molecule has 4 aromatic heterocycles. The van der Waals surface area contributed by atoms with Crippen molar-refractivity contribution in [1.29, 1.82) is 0 Å². The van der Waals surface area contributed by atoms with Gasteiger partial charge in [-0.05, 0) is 85.3 Å². The number of anilines is 2. The van der Waals surface area contributed by atoms with Crippen LogP contribution in [0, 0.1) is 19.8 Å². The van der Waals surface area contributed by atoms with E-state index in [0.29, 0.717) is 49.5 Å². The van der Waals surface area contributed by atoms with Crippen LogP contribution in [0.4, 0.5) is 24.7 Å². The van der Waals surface area contributed by atoms with Crippen molar-refractivity contribution in [2.75, 3.05) is 38.0 Å². The van der Waals surface area contributed by atoms with Gasteiger partial charge in [0.05, 0.1) is 23.6 Å². The summed E-state index contributed by atoms with van der Waals surface area (Å²) in [5, 5.41) is 23.6. The van der Waals surface area contributed by atoms with Crippen molar-refractivity contribution in [2.24, 2.45) is 5.92 Å². The maximum absolute atomic E-state index is 13.7. The van der Waals surface area contributed by atoms with Crippen LogP contribution in [-0.4, -0.2) is 85.7 Å². The number of furan rings is 1. The summed E-state index contributed by atoms with van der Waals surface area (Å²) in [6.07, 6.45) is 0.473. The first-order chi connectivity index (χ1) is 27.3. The van der Waals surface area contributed by atoms with E-state index in [1.165, 1.54) is 6.07 Å². The van der Waals surface area contributed by atoms with Crippen molar-refractivity contribution in [3.8, 4) is 28.2 Å². The fourth-order valence-electron chi connectivity index (χ4n) is 8.01. The summed E-state index contributed by atoms with van der Waals surface area (Å²) in [6, 6.07) is 16.9. The number of nitrogens with zero attached hydrogens (tertiary/aromatic N) is 5. The number of hydrogen-bond acceptors (Lipinski definition) is 10. The molecule has 0 aliphatic carbocycles. The molecule has 8 rings (SSSR count). The Bertz CT molecular complexity index is 2550. The van der Waals surface area contributed by atoms with Gasteiger partial charge in [0, 0.05) is 68.3 Å². The Morgan fingerprint density at radius 3 is 2.46 bits per heavy atom. The Morgan fingerprint density at radius 1 is 0.965 bits per heavy atom. The SMILES string of the molecule is Cc1c(Nc2nccc3cc(CN4CC[C@@H](O)C4)cnc23)cccc1-c1cccc(-c2cc3c(=O)n(CCN4CC[C@@H](C(=O)O)C4)cc(OC(F)(F)F)c3o2)c1C. The third-order valence-corrected chi connectivity index (χ3v) is 11.0. The molecular formula is C42H41F3N6O6. The minimum atomic E-state index is -5.04. The predicted molar refractivity (Wildman–Crippen MR) is 208 cm³/mol. The normalized spacial score (nSPS) is 17.9. The van der Waals surface area contributed by atoms with Gasteiger partial charge in [0.15, 0.2) is 17.2 Å². The molecule has 2 aliphatic heterocycles. The van der Waals surface area contributed by atoms with Gasteiger partial charge in [0.1, 0.15) is 11.3 Å². The van der Waals surface area contributed by atoms with Gasteiger partial charge >= 0.3 is 12.3 Å². The summed E-state index contributed by atoms with van der Waals surface area (Å²) in [6.45, 7) is 7.19. The van der Waals surface area contributed by atoms with E-state index < -0.39 is 29.6 Å². The van der Waals surface area contributed by atoms with Crippen molar-refractivity contribution in [3.63, 3.8) is 0 Å². The molecule has 0 saturated carbocycles. The molecule has 6 heterocycles. The number of alkyl halides is 3. The minimum absolute atomic E-state index is 0.0317. The Kier molecular flexibility index (Phi) is 10.2. The number of carboxylic acids is 1. The van der Waals surface area contributed by atoms with Crippen LogP contribution in [0.25, 0.3) is 44.3 Å². The molecule has 6 aromatic rings. The number of fused-ring (bicyclic) bond motifs is 2. The lowest BCUT2D eigenvalue weighted by atomic mass is 9.92. The first-order valence-electron chi connectivity index (χ1n) is 18.8. The van der Waals surface area contributed by atoms with E-state index in [9.17, 15) is 33.0 Å². The van der Waals surface area contributed by atoms with E-state index in [2.05, 4.69) is 26.0 Å². The van der Waals surface area contributed by atoms with Crippen LogP contribution in [0.1, 0.15) is 29.5 Å². The highest BCUT2D eigenvalue weighted by molar-refractivity contribution is 5.92. The van der Waals surface area contributed by atoms with E-state index in [-0.39, 0.29) is 35.9 Å². The van der Waals surface area contributed by atoms with Gasteiger partial charge in [-0.2, -0.15) is 0 Å². The molecule has 3 N–H and O–H groups in total. The van der Waals surface area contributed by atoms with Gasteiger partial charge in [0.25, 0.3) is 5.56 Å². The predicted octanol–water partition coefficient (Wildman–Crippen LogP) is 7.10. The number of aliphatic hydroxyl groups excluding tert-OH is 1. The standard InChI is InChI=1S/C42H41F3N6O6/c1-24-30(31-6-4-8-34(25(31)2)48-39-37-27(9-12-46-39)17-26(19-47-37)20-50-14-11-29(52)22-50)5-3-7-32(24)35-18-33-38(56-35)36(57-42(43,44)45)23-51(40(33)53)16-15-49-13-10-28(21-49)41(54)55/h3-9,12,17-19,23,28-29,52H,10-11,13-16,20-22H2,1-2H3,(H,46,48)(H,54,55)/t28-,29-/m1/s1. The second-order valence-electron chi connectivity index (χ2n) is 14.9. The average molecular weight is 783 g/mol. The smallest absolute Gasteiger partial charge is 0.481 e. The molecule has 0 amide bonds. The molecule has 0 spiro atoms. The number of halogens is 3. The van der Waals surface area contributed by atoms with Gasteiger partial charge in [-0.15, -0.1) is 13.2 Å². The van der Waals surface area contributed by atoms with E-state index in [1.807, 2.05) is 61.3 Å². The van der Waals surface area contributed by atoms with E-state index in [4.69, 9.17) is 9.40 Å². The molecule has 2 atom stereocenters. The number of aliphatic hydroxyl groups is 1. The number of nitrogens with one attached hydrogen (secondary N) is 1. The Balaban J connectivity index is 1.09. The van der Waals surface area contributed by atoms with Crippen LogP contribution in [0.15, 0.2) is 82.4 Å². The number of aromatic nitrogens is 3. The van der Waals surface area contributed by atoms with Crippen LogP contribution in [-0.2, 0) is 17.9 Å². The lowest BCUT2D eigenvalue weighted by molar-refractivity contribution is -0.274. The monoisotopic (exact) mass is 782 g/mol. The second kappa shape index (κ2) is 15.3. The summed E-state index contributed by atoms with van der Waals surface area (Å²) in [4.78, 5) is 38.5. The number of pyridine rings is 3. The van der Waals surface area contributed by atoms with Crippen molar-refractivity contribution in [1.82, 2.24) is 24.3 Å². The quantitative estimate of drug-likeness (QED) is 0.124. The Morgan fingerprint density at radius 2 is 1.72 bits per heavy atom. The zero-order chi connectivity index (χ0) is 40.0. The van der Waals surface area contributed by atoms with Crippen LogP contribution in [0.3, 0.4) is 0 Å². The Labute approximate surface area is 325 Å². The van der Waals surface area contributed by atoms with Crippen molar-refractivity contribution in [2.45, 2.75) is 52.2 Å². The van der Waals surface area contributed by atoms with Gasteiger partial charge in [-0.25, -0.2) is 4.98 Å². The average Bonchev–Trinajstić information content (AvgIpc) is 3.94. The third-order valence-electron chi connectivity index (χ3n) is 11.0. The molecule has 0 radical (unpaired) electrons. The van der Waals surface area contributed by atoms with E-state index >= 15 is 0 Å². The van der Waals surface area contributed by atoms with Crippen LogP contribution in [0.5, 0.6) is 5.75 Å². The van der Waals surface area contributed by atoms with Gasteiger partial charge in [0.2, 0.25) is 0 Å². The Hall–Kier alpha value is -5.77. The number of ether oxygens (including phenoxy) is 1. The molecule has 57 heavy (non-hydrogen) atoms. The van der Waals surface area contributed by atoms with Gasteiger partial charge in [-0.1, -0.05) is 30.3 Å². The highest BCUT2D eigenvalue weighted by Gasteiger charge is 2.34. The number of benzene rings is 2. The van der Waals surface area contributed by atoms with Crippen LogP contribution >= 0.6 is 0 Å². The molecule has 296 valence electrons. The zero-order valence-electron chi connectivity index (χ0n) is 31.3. The number of hydrogen-bond donors (Lipinski definition) is 3. The van der Waals surface area contributed by atoms with Crippen molar-refractivity contribution in [3.05, 3.63) is 100 Å². The number of likely N-dealkylation sites (tertiary alicyclic amines) is 2. The molecule has 12 nitrogen and oxygen atoms in total. The molecule has 15 heteroatoms. The number of rotatable bonds is 11. The summed E-state index contributed by atoms with van der Waals surface area (Å²) >= 11 is 0. The summed E-state index contributed by atoms with van der Waals surface area (Å²) in [7, 11) is 0. The molecule has 2 aliphatic rings. The molecule has 0 bridgehead atoms. The maximum Gasteiger partial charge on any atom is 0.573 e.